The minimum atomic E-state index is -0.768. The molecule has 0 spiro atoms. The van der Waals surface area contributed by atoms with Crippen molar-refractivity contribution in [2.45, 2.75) is 132 Å². The van der Waals surface area contributed by atoms with Crippen molar-refractivity contribution in [3.05, 3.63) is 54.9 Å². The molecule has 3 atom stereocenters. The summed E-state index contributed by atoms with van der Waals surface area (Å²) in [4.78, 5) is 40.4. The summed E-state index contributed by atoms with van der Waals surface area (Å²) in [5.74, 6) is 2.97. The van der Waals surface area contributed by atoms with Gasteiger partial charge in [0.2, 0.25) is 0 Å². The van der Waals surface area contributed by atoms with Gasteiger partial charge in [0.1, 0.15) is 22.8 Å². The summed E-state index contributed by atoms with van der Waals surface area (Å²) in [5.41, 5.74) is 1.89. The van der Waals surface area contributed by atoms with Crippen molar-refractivity contribution < 1.29 is 14.3 Å². The van der Waals surface area contributed by atoms with Gasteiger partial charge in [-0.15, -0.1) is 0 Å². The van der Waals surface area contributed by atoms with Crippen molar-refractivity contribution in [1.82, 2.24) is 9.97 Å². The van der Waals surface area contributed by atoms with E-state index in [9.17, 15) is 14.4 Å². The van der Waals surface area contributed by atoms with Gasteiger partial charge in [-0.25, -0.2) is 9.59 Å². The first-order chi connectivity index (χ1) is 19.3. The summed E-state index contributed by atoms with van der Waals surface area (Å²) in [6.45, 7) is 17.5. The van der Waals surface area contributed by atoms with Gasteiger partial charge in [-0.1, -0.05) is 72.6 Å². The Labute approximate surface area is 245 Å². The normalized spacial score (nSPS) is 18.1. The lowest BCUT2D eigenvalue weighted by Gasteiger charge is -2.38. The van der Waals surface area contributed by atoms with Gasteiger partial charge < -0.3 is 14.5 Å². The fourth-order valence-corrected chi connectivity index (χ4v) is 6.14. The zero-order chi connectivity index (χ0) is 30.3. The number of fused-ring (bicyclic) bond motifs is 1. The van der Waals surface area contributed by atoms with E-state index in [0.29, 0.717) is 5.75 Å². The standard InChI is InChI=1S/C34H52N2O5/c1-21(2)12-9-13-22(3)14-10-15-23(4)16-11-18-34(8)19-17-27-26(7)30(24(5)25(6)31(27)41-34)40-32(38)28-20-29(37)36-33(39)35-28/h20-23H,9-19H2,1-8H3,(H2,35,36,37,39)/t22-,23-,34-/m0/s1. The second-order valence-electron chi connectivity index (χ2n) is 13.3. The molecule has 2 N–H and O–H groups in total. The molecule has 41 heavy (non-hydrogen) atoms. The molecule has 0 radical (unpaired) electrons. The molecule has 7 nitrogen and oxygen atoms in total. The molecule has 2 aromatic rings. The Morgan fingerprint density at radius 2 is 1.51 bits per heavy atom. The monoisotopic (exact) mass is 568 g/mol. The van der Waals surface area contributed by atoms with E-state index in [2.05, 4.69) is 44.6 Å². The van der Waals surface area contributed by atoms with Crippen LogP contribution in [0.5, 0.6) is 11.5 Å². The highest BCUT2D eigenvalue weighted by Crippen LogP contribution is 2.45. The minimum absolute atomic E-state index is 0.179. The fraction of sp³-hybridized carbons (Fsp3) is 0.676. The number of H-pyrrole nitrogens is 2. The molecule has 2 heterocycles. The number of aromatic amines is 2. The molecule has 1 aliphatic rings. The summed E-state index contributed by atoms with van der Waals surface area (Å²) in [7, 11) is 0. The number of benzene rings is 1. The van der Waals surface area contributed by atoms with Crippen LogP contribution in [-0.2, 0) is 6.42 Å². The summed E-state index contributed by atoms with van der Waals surface area (Å²) in [6.07, 6.45) is 13.2. The molecule has 0 saturated heterocycles. The molecule has 0 amide bonds. The molecule has 1 aromatic heterocycles. The van der Waals surface area contributed by atoms with Gasteiger partial charge in [0.15, 0.2) is 0 Å². The van der Waals surface area contributed by atoms with Crippen LogP contribution in [0.2, 0.25) is 0 Å². The van der Waals surface area contributed by atoms with Crippen LogP contribution in [0.4, 0.5) is 0 Å². The highest BCUT2D eigenvalue weighted by molar-refractivity contribution is 5.89. The molecule has 228 valence electrons. The van der Waals surface area contributed by atoms with E-state index >= 15 is 0 Å². The van der Waals surface area contributed by atoms with Crippen LogP contribution >= 0.6 is 0 Å². The maximum atomic E-state index is 12.8. The van der Waals surface area contributed by atoms with Crippen LogP contribution in [0.15, 0.2) is 15.7 Å². The molecule has 0 fully saturated rings. The summed E-state index contributed by atoms with van der Waals surface area (Å²) in [5, 5.41) is 0. The van der Waals surface area contributed by atoms with Gasteiger partial charge in [0.25, 0.3) is 5.56 Å². The van der Waals surface area contributed by atoms with Crippen LogP contribution in [-0.4, -0.2) is 21.5 Å². The summed E-state index contributed by atoms with van der Waals surface area (Å²) >= 11 is 0. The van der Waals surface area contributed by atoms with Gasteiger partial charge >= 0.3 is 11.7 Å². The van der Waals surface area contributed by atoms with Crippen molar-refractivity contribution in [2.75, 3.05) is 0 Å². The Kier molecular flexibility index (Phi) is 11.5. The predicted molar refractivity (Wildman–Crippen MR) is 165 cm³/mol. The SMILES string of the molecule is Cc1c(C)c2c(c(C)c1OC(=O)c1cc(=O)[nH]c(=O)[nH]1)CC[C@](C)(CCC[C@@H](C)CCC[C@@H](C)CCCC(C)C)O2. The van der Waals surface area contributed by atoms with Crippen LogP contribution in [0.3, 0.4) is 0 Å². The number of nitrogens with one attached hydrogen (secondary N) is 2. The number of hydrogen-bond acceptors (Lipinski definition) is 5. The Morgan fingerprint density at radius 1 is 0.902 bits per heavy atom. The van der Waals surface area contributed by atoms with E-state index in [-0.39, 0.29) is 11.3 Å². The molecule has 3 rings (SSSR count). The first-order valence-corrected chi connectivity index (χ1v) is 15.7. The quantitative estimate of drug-likeness (QED) is 0.179. The third-order valence-corrected chi connectivity index (χ3v) is 9.01. The second-order valence-corrected chi connectivity index (χ2v) is 13.3. The molecular formula is C34H52N2O5. The number of aromatic nitrogens is 2. The maximum Gasteiger partial charge on any atom is 0.360 e. The molecule has 7 heteroatoms. The van der Waals surface area contributed by atoms with Crippen molar-refractivity contribution in [3.8, 4) is 11.5 Å². The lowest BCUT2D eigenvalue weighted by Crippen LogP contribution is -2.37. The van der Waals surface area contributed by atoms with E-state index in [1.54, 1.807) is 0 Å². The van der Waals surface area contributed by atoms with Crippen LogP contribution in [0.25, 0.3) is 0 Å². The average Bonchev–Trinajstić information content (AvgIpc) is 2.89. The number of carbonyl (C=O) groups excluding carboxylic acids is 1. The number of rotatable bonds is 14. The fourth-order valence-electron chi connectivity index (χ4n) is 6.14. The molecule has 0 unspecified atom stereocenters. The van der Waals surface area contributed by atoms with Gasteiger partial charge in [0.05, 0.1) is 0 Å². The van der Waals surface area contributed by atoms with E-state index in [1.807, 2.05) is 20.8 Å². The van der Waals surface area contributed by atoms with Crippen molar-refractivity contribution in [1.29, 1.82) is 0 Å². The molecule has 1 aliphatic heterocycles. The number of hydrogen-bond donors (Lipinski definition) is 2. The predicted octanol–water partition coefficient (Wildman–Crippen LogP) is 7.73. The Balaban J connectivity index is 1.56. The highest BCUT2D eigenvalue weighted by Gasteiger charge is 2.35. The van der Waals surface area contributed by atoms with Gasteiger partial charge in [0, 0.05) is 11.6 Å². The Hall–Kier alpha value is -2.83. The summed E-state index contributed by atoms with van der Waals surface area (Å²) < 4.78 is 12.4. The van der Waals surface area contributed by atoms with Crippen LogP contribution < -0.4 is 20.7 Å². The number of esters is 1. The van der Waals surface area contributed by atoms with Crippen molar-refractivity contribution in [2.24, 2.45) is 17.8 Å². The number of ether oxygens (including phenoxy) is 2. The van der Waals surface area contributed by atoms with Gasteiger partial charge in [-0.2, -0.15) is 0 Å². The lowest BCUT2D eigenvalue weighted by molar-refractivity contribution is 0.0508. The maximum absolute atomic E-state index is 12.8. The van der Waals surface area contributed by atoms with E-state index in [1.165, 1.54) is 44.9 Å². The second kappa shape index (κ2) is 14.4. The van der Waals surface area contributed by atoms with E-state index in [4.69, 9.17) is 9.47 Å². The molecule has 0 saturated carbocycles. The van der Waals surface area contributed by atoms with Gasteiger partial charge in [-0.3, -0.25) is 9.78 Å². The highest BCUT2D eigenvalue weighted by atomic mass is 16.5. The zero-order valence-electron chi connectivity index (χ0n) is 26.6. The van der Waals surface area contributed by atoms with Crippen molar-refractivity contribution >= 4 is 5.97 Å². The minimum Gasteiger partial charge on any atom is -0.487 e. The lowest BCUT2D eigenvalue weighted by atomic mass is 9.83. The molecular weight excluding hydrogens is 516 g/mol. The number of carbonyl (C=O) groups is 1. The van der Waals surface area contributed by atoms with Crippen molar-refractivity contribution in [3.63, 3.8) is 0 Å². The third-order valence-electron chi connectivity index (χ3n) is 9.01. The first kappa shape index (κ1) is 32.7. The molecule has 1 aromatic carbocycles. The Morgan fingerprint density at radius 3 is 2.12 bits per heavy atom. The molecule has 0 aliphatic carbocycles. The third kappa shape index (κ3) is 9.08. The molecule has 0 bridgehead atoms. The topological polar surface area (TPSA) is 101 Å². The largest absolute Gasteiger partial charge is 0.487 e. The van der Waals surface area contributed by atoms with Crippen LogP contribution in [0, 0.1) is 38.5 Å². The van der Waals surface area contributed by atoms with E-state index < -0.39 is 17.2 Å². The van der Waals surface area contributed by atoms with Crippen LogP contribution in [0.1, 0.15) is 132 Å². The Bertz CT molecular complexity index is 1280. The van der Waals surface area contributed by atoms with E-state index in [0.717, 1.165) is 77.5 Å². The summed E-state index contributed by atoms with van der Waals surface area (Å²) in [6, 6.07) is 1.03. The average molecular weight is 569 g/mol. The smallest absolute Gasteiger partial charge is 0.360 e. The van der Waals surface area contributed by atoms with Gasteiger partial charge in [-0.05, 0) is 87.8 Å². The first-order valence-electron chi connectivity index (χ1n) is 15.7. The zero-order valence-corrected chi connectivity index (χ0v) is 26.6.